The van der Waals surface area contributed by atoms with E-state index in [9.17, 15) is 4.79 Å². The molecule has 0 bridgehead atoms. The van der Waals surface area contributed by atoms with E-state index in [0.29, 0.717) is 18.8 Å². The lowest BCUT2D eigenvalue weighted by Crippen LogP contribution is -2.33. The number of methoxy groups -OCH3 is 1. The highest BCUT2D eigenvalue weighted by Gasteiger charge is 2.16. The van der Waals surface area contributed by atoms with Gasteiger partial charge in [-0.05, 0) is 50.2 Å². The van der Waals surface area contributed by atoms with Crippen LogP contribution < -0.4 is 9.47 Å². The summed E-state index contributed by atoms with van der Waals surface area (Å²) in [5.41, 5.74) is 2.45. The lowest BCUT2D eigenvalue weighted by molar-refractivity contribution is 0.158. The SMILES string of the molecule is CCN(CC)C(=O)Oc1cc(-c2ccc(OC)cc2)nc2ccccc12.Cl. The number of ether oxygens (including phenoxy) is 2. The van der Waals surface area contributed by atoms with Crippen molar-refractivity contribution in [3.8, 4) is 22.8 Å². The quantitative estimate of drug-likeness (QED) is 0.606. The van der Waals surface area contributed by atoms with E-state index in [1.165, 1.54) is 0 Å². The molecule has 5 nitrogen and oxygen atoms in total. The van der Waals surface area contributed by atoms with E-state index in [-0.39, 0.29) is 18.5 Å². The fraction of sp³-hybridized carbons (Fsp3) is 0.238. The Morgan fingerprint density at radius 2 is 1.70 bits per heavy atom. The maximum Gasteiger partial charge on any atom is 0.415 e. The monoisotopic (exact) mass is 386 g/mol. The predicted octanol–water partition coefficient (Wildman–Crippen LogP) is 5.17. The Hall–Kier alpha value is -2.79. The Labute approximate surface area is 165 Å². The molecule has 1 heterocycles. The first-order valence-corrected chi connectivity index (χ1v) is 8.67. The Morgan fingerprint density at radius 3 is 2.33 bits per heavy atom. The summed E-state index contributed by atoms with van der Waals surface area (Å²) in [6.45, 7) is 5.06. The first-order valence-electron chi connectivity index (χ1n) is 8.67. The van der Waals surface area contributed by atoms with Crippen LogP contribution in [0.3, 0.4) is 0 Å². The maximum atomic E-state index is 12.4. The van der Waals surface area contributed by atoms with Gasteiger partial charge >= 0.3 is 6.09 Å². The van der Waals surface area contributed by atoms with Crippen LogP contribution in [0.1, 0.15) is 13.8 Å². The highest BCUT2D eigenvalue weighted by Crippen LogP contribution is 2.31. The summed E-state index contributed by atoms with van der Waals surface area (Å²) in [5.74, 6) is 1.29. The van der Waals surface area contributed by atoms with Gasteiger partial charge in [0, 0.05) is 30.1 Å². The third-order valence-corrected chi connectivity index (χ3v) is 4.28. The summed E-state index contributed by atoms with van der Waals surface area (Å²) in [6, 6.07) is 17.1. The van der Waals surface area contributed by atoms with Gasteiger partial charge in [0.1, 0.15) is 11.5 Å². The molecule has 2 aromatic carbocycles. The van der Waals surface area contributed by atoms with Crippen molar-refractivity contribution < 1.29 is 14.3 Å². The van der Waals surface area contributed by atoms with Crippen molar-refractivity contribution in [1.29, 1.82) is 0 Å². The molecular formula is C21H23ClN2O3. The third kappa shape index (κ3) is 4.49. The van der Waals surface area contributed by atoms with Crippen LogP contribution in [-0.4, -0.2) is 36.2 Å². The molecule has 0 spiro atoms. The number of rotatable bonds is 5. The zero-order valence-corrected chi connectivity index (χ0v) is 16.5. The van der Waals surface area contributed by atoms with E-state index in [0.717, 1.165) is 27.9 Å². The minimum atomic E-state index is -0.355. The molecule has 0 saturated heterocycles. The Kier molecular flexibility index (Phi) is 7.02. The first-order chi connectivity index (χ1) is 12.7. The molecule has 0 radical (unpaired) electrons. The van der Waals surface area contributed by atoms with Gasteiger partial charge in [0.05, 0.1) is 18.3 Å². The number of nitrogens with zero attached hydrogens (tertiary/aromatic N) is 2. The van der Waals surface area contributed by atoms with Gasteiger partial charge in [-0.25, -0.2) is 9.78 Å². The average molecular weight is 387 g/mol. The van der Waals surface area contributed by atoms with Crippen LogP contribution in [-0.2, 0) is 0 Å². The summed E-state index contributed by atoms with van der Waals surface area (Å²) >= 11 is 0. The Balaban J connectivity index is 0.00000261. The number of fused-ring (bicyclic) bond motifs is 1. The van der Waals surface area contributed by atoms with Crippen LogP contribution in [0.25, 0.3) is 22.2 Å². The summed E-state index contributed by atoms with van der Waals surface area (Å²) < 4.78 is 10.9. The fourth-order valence-corrected chi connectivity index (χ4v) is 2.78. The van der Waals surface area contributed by atoms with Crippen LogP contribution in [0.2, 0.25) is 0 Å². The molecule has 0 unspecified atom stereocenters. The van der Waals surface area contributed by atoms with Gasteiger partial charge in [0.15, 0.2) is 0 Å². The smallest absolute Gasteiger partial charge is 0.415 e. The normalized spacial score (nSPS) is 10.2. The number of pyridine rings is 1. The van der Waals surface area contributed by atoms with Crippen LogP contribution in [0.5, 0.6) is 11.5 Å². The van der Waals surface area contributed by atoms with E-state index < -0.39 is 0 Å². The van der Waals surface area contributed by atoms with Gasteiger partial charge in [-0.1, -0.05) is 12.1 Å². The second-order valence-corrected chi connectivity index (χ2v) is 5.79. The van der Waals surface area contributed by atoms with Crippen LogP contribution in [0.4, 0.5) is 4.79 Å². The van der Waals surface area contributed by atoms with Gasteiger partial charge in [-0.15, -0.1) is 12.4 Å². The number of hydrogen-bond acceptors (Lipinski definition) is 4. The predicted molar refractivity (Wildman–Crippen MR) is 110 cm³/mol. The van der Waals surface area contributed by atoms with E-state index in [1.54, 1.807) is 12.0 Å². The molecule has 0 aliphatic heterocycles. The summed E-state index contributed by atoms with van der Waals surface area (Å²) in [4.78, 5) is 18.8. The van der Waals surface area contributed by atoms with Crippen molar-refractivity contribution in [2.45, 2.75) is 13.8 Å². The van der Waals surface area contributed by atoms with Crippen molar-refractivity contribution in [1.82, 2.24) is 9.88 Å². The number of aromatic nitrogens is 1. The second-order valence-electron chi connectivity index (χ2n) is 5.79. The largest absolute Gasteiger partial charge is 0.497 e. The summed E-state index contributed by atoms with van der Waals surface area (Å²) in [5, 5.41) is 0.810. The molecule has 142 valence electrons. The molecule has 0 fully saturated rings. The minimum Gasteiger partial charge on any atom is -0.497 e. The zero-order valence-electron chi connectivity index (χ0n) is 15.6. The fourth-order valence-electron chi connectivity index (χ4n) is 2.78. The van der Waals surface area contributed by atoms with E-state index in [2.05, 4.69) is 0 Å². The van der Waals surface area contributed by atoms with E-state index in [4.69, 9.17) is 14.5 Å². The lowest BCUT2D eigenvalue weighted by Gasteiger charge is -2.19. The van der Waals surface area contributed by atoms with Crippen LogP contribution in [0.15, 0.2) is 54.6 Å². The van der Waals surface area contributed by atoms with Gasteiger partial charge in [0.2, 0.25) is 0 Å². The average Bonchev–Trinajstić information content (AvgIpc) is 2.69. The van der Waals surface area contributed by atoms with E-state index in [1.807, 2.05) is 68.4 Å². The van der Waals surface area contributed by atoms with E-state index >= 15 is 0 Å². The molecule has 3 aromatic rings. The van der Waals surface area contributed by atoms with Gasteiger partial charge < -0.3 is 14.4 Å². The van der Waals surface area contributed by atoms with Crippen LogP contribution >= 0.6 is 12.4 Å². The Morgan fingerprint density at radius 1 is 1.04 bits per heavy atom. The number of halogens is 1. The van der Waals surface area contributed by atoms with Crippen molar-refractivity contribution in [2.24, 2.45) is 0 Å². The van der Waals surface area contributed by atoms with Crippen molar-refractivity contribution in [2.75, 3.05) is 20.2 Å². The molecule has 0 atom stereocenters. The molecule has 0 aliphatic rings. The topological polar surface area (TPSA) is 51.7 Å². The highest BCUT2D eigenvalue weighted by molar-refractivity contribution is 5.90. The number of hydrogen-bond donors (Lipinski definition) is 0. The first kappa shape index (κ1) is 20.5. The zero-order chi connectivity index (χ0) is 18.5. The second kappa shape index (κ2) is 9.24. The standard InChI is InChI=1S/C21H22N2O3.ClH/c1-4-23(5-2)21(24)26-20-14-19(15-10-12-16(25-3)13-11-15)22-18-9-7-6-8-17(18)20;/h6-14H,4-5H2,1-3H3;1H. The van der Waals surface area contributed by atoms with Crippen LogP contribution in [0, 0.1) is 0 Å². The highest BCUT2D eigenvalue weighted by atomic mass is 35.5. The molecule has 6 heteroatoms. The van der Waals surface area contributed by atoms with Gasteiger partial charge in [0.25, 0.3) is 0 Å². The molecule has 0 N–H and O–H groups in total. The van der Waals surface area contributed by atoms with Crippen molar-refractivity contribution in [3.63, 3.8) is 0 Å². The molecule has 1 amide bonds. The summed E-state index contributed by atoms with van der Waals surface area (Å²) in [7, 11) is 1.63. The number of amides is 1. The summed E-state index contributed by atoms with van der Waals surface area (Å²) in [6.07, 6.45) is -0.355. The number of benzene rings is 2. The molecule has 27 heavy (non-hydrogen) atoms. The van der Waals surface area contributed by atoms with Crippen molar-refractivity contribution in [3.05, 3.63) is 54.6 Å². The third-order valence-electron chi connectivity index (χ3n) is 4.28. The van der Waals surface area contributed by atoms with Crippen molar-refractivity contribution >= 4 is 29.4 Å². The molecule has 1 aromatic heterocycles. The molecule has 0 aliphatic carbocycles. The minimum absolute atomic E-state index is 0. The number of carbonyl (C=O) groups is 1. The number of para-hydroxylation sites is 1. The molecule has 3 rings (SSSR count). The van der Waals surface area contributed by atoms with Gasteiger partial charge in [-0.3, -0.25) is 0 Å². The lowest BCUT2D eigenvalue weighted by atomic mass is 10.1. The molecular weight excluding hydrogens is 364 g/mol. The molecule has 0 saturated carbocycles. The number of carbonyl (C=O) groups excluding carboxylic acids is 1. The maximum absolute atomic E-state index is 12.4. The van der Waals surface area contributed by atoms with Gasteiger partial charge in [-0.2, -0.15) is 0 Å². The Bertz CT molecular complexity index is 909.